The zero-order chi connectivity index (χ0) is 30.4. The van der Waals surface area contributed by atoms with Crippen molar-refractivity contribution in [3.05, 3.63) is 35.2 Å². The number of imidazole rings is 1. The van der Waals surface area contributed by atoms with Crippen LogP contribution in [0.15, 0.2) is 17.0 Å². The summed E-state index contributed by atoms with van der Waals surface area (Å²) in [5.74, 6) is -3.59. The van der Waals surface area contributed by atoms with E-state index >= 15 is 0 Å². The number of nitrogens with one attached hydrogen (secondary N) is 1. The van der Waals surface area contributed by atoms with Crippen molar-refractivity contribution in [3.63, 3.8) is 0 Å². The molecule has 1 aliphatic heterocycles. The lowest BCUT2D eigenvalue weighted by Crippen LogP contribution is -2.71. The molecule has 12 nitrogen and oxygen atoms in total. The summed E-state index contributed by atoms with van der Waals surface area (Å²) in [6.45, 7) is 3.59. The number of amides is 2. The third kappa shape index (κ3) is 4.85. The molecule has 2 N–H and O–H groups in total. The fourth-order valence-corrected chi connectivity index (χ4v) is 7.44. The third-order valence-corrected chi connectivity index (χ3v) is 9.86. The molecule has 0 unspecified atom stereocenters. The molecule has 8 rings (SSSR count). The van der Waals surface area contributed by atoms with Crippen molar-refractivity contribution in [2.24, 2.45) is 11.3 Å². The first kappa shape index (κ1) is 28.2. The van der Waals surface area contributed by atoms with Crippen LogP contribution in [0.4, 0.5) is 13.2 Å². The Hall–Kier alpha value is -3.62. The van der Waals surface area contributed by atoms with E-state index in [1.54, 1.807) is 24.9 Å². The molecule has 3 aromatic heterocycles. The van der Waals surface area contributed by atoms with E-state index in [0.29, 0.717) is 24.4 Å². The smallest absolute Gasteiger partial charge is 0.276 e. The average molecular weight is 603 g/mol. The molecule has 0 spiro atoms. The van der Waals surface area contributed by atoms with E-state index in [-0.39, 0.29) is 80.4 Å². The van der Waals surface area contributed by atoms with Crippen molar-refractivity contribution >= 4 is 17.6 Å². The molecule has 3 aromatic rings. The standard InChI is InChI=1S/C28H33F3N8O4/c1-15-20(37-43-36-15)22(40)35-21(16-3-5-28(30,31)6-4-16)18-11-39-24(34-18)33-17(10-32-39)19-9-25(2,42)7-8-38(19)23(41)26-12-27(29,13-26)14-26/h10-11,16,19,21,42H,3-9,12-14H2,1-2H3,(H,35,40)/t19-,21+,25-,26?,27?/m1/s1. The molecule has 4 saturated carbocycles. The van der Waals surface area contributed by atoms with Gasteiger partial charge >= 0.3 is 0 Å². The third-order valence-electron chi connectivity index (χ3n) is 9.86. The van der Waals surface area contributed by atoms with Crippen molar-refractivity contribution in [3.8, 4) is 0 Å². The Morgan fingerprint density at radius 2 is 1.84 bits per heavy atom. The molecule has 15 heteroatoms. The Morgan fingerprint density at radius 3 is 2.49 bits per heavy atom. The summed E-state index contributed by atoms with van der Waals surface area (Å²) in [5.41, 5.74) is -1.83. The molecule has 5 aliphatic rings. The molecule has 2 amide bonds. The molecule has 4 aliphatic carbocycles. The fourth-order valence-electron chi connectivity index (χ4n) is 7.44. The Labute approximate surface area is 244 Å². The monoisotopic (exact) mass is 602 g/mol. The predicted octanol–water partition coefficient (Wildman–Crippen LogP) is 3.42. The number of hydrogen-bond acceptors (Lipinski definition) is 9. The van der Waals surface area contributed by atoms with Gasteiger partial charge in [-0.3, -0.25) is 9.59 Å². The first-order chi connectivity index (χ1) is 20.3. The second kappa shape index (κ2) is 9.44. The summed E-state index contributed by atoms with van der Waals surface area (Å²) >= 11 is 0. The first-order valence-corrected chi connectivity index (χ1v) is 14.7. The summed E-state index contributed by atoms with van der Waals surface area (Å²) in [6, 6.07) is -1.32. The van der Waals surface area contributed by atoms with E-state index in [4.69, 9.17) is 4.98 Å². The number of carbonyl (C=O) groups is 2. The largest absolute Gasteiger partial charge is 0.390 e. The number of nitrogens with zero attached hydrogens (tertiary/aromatic N) is 7. The fraction of sp³-hybridized carbons (Fsp3) is 0.679. The van der Waals surface area contributed by atoms with Gasteiger partial charge in [0.15, 0.2) is 5.69 Å². The van der Waals surface area contributed by atoms with Crippen LogP contribution in [0, 0.1) is 18.3 Å². The topological polar surface area (TPSA) is 152 Å². The predicted molar refractivity (Wildman–Crippen MR) is 141 cm³/mol. The van der Waals surface area contributed by atoms with Gasteiger partial charge in [-0.25, -0.2) is 32.3 Å². The molecule has 4 heterocycles. The SMILES string of the molecule is Cc1nonc1C(=O)N[C@H](c1cn2ncc([C@H]3C[C@](C)(O)CCN3C(=O)C34CC(F)(C3)C4)nc2n1)C1CCC(F)(F)CC1. The lowest BCUT2D eigenvalue weighted by molar-refractivity contribution is -0.226. The van der Waals surface area contributed by atoms with Gasteiger partial charge in [-0.1, -0.05) is 5.16 Å². The van der Waals surface area contributed by atoms with E-state index in [0.717, 1.165) is 0 Å². The van der Waals surface area contributed by atoms with Crippen LogP contribution in [-0.4, -0.2) is 75.5 Å². The number of piperidine rings is 1. The van der Waals surface area contributed by atoms with Crippen LogP contribution in [0.5, 0.6) is 0 Å². The number of aryl methyl sites for hydroxylation is 1. The molecule has 1 saturated heterocycles. The van der Waals surface area contributed by atoms with Gasteiger partial charge in [0.1, 0.15) is 11.4 Å². The lowest BCUT2D eigenvalue weighted by Gasteiger charge is -2.65. The van der Waals surface area contributed by atoms with Crippen LogP contribution in [0.2, 0.25) is 0 Å². The van der Waals surface area contributed by atoms with Gasteiger partial charge in [-0.2, -0.15) is 5.10 Å². The number of aromatic nitrogens is 6. The van der Waals surface area contributed by atoms with Gasteiger partial charge in [0.2, 0.25) is 11.8 Å². The number of halogens is 3. The number of likely N-dealkylation sites (tertiary alicyclic amines) is 1. The summed E-state index contributed by atoms with van der Waals surface area (Å²) in [7, 11) is 0. The zero-order valence-corrected chi connectivity index (χ0v) is 23.9. The van der Waals surface area contributed by atoms with Crippen LogP contribution in [0.3, 0.4) is 0 Å². The van der Waals surface area contributed by atoms with E-state index in [1.807, 2.05) is 0 Å². The summed E-state index contributed by atoms with van der Waals surface area (Å²) in [4.78, 5) is 37.7. The highest BCUT2D eigenvalue weighted by Crippen LogP contribution is 2.70. The number of aliphatic hydroxyl groups is 1. The number of fused-ring (bicyclic) bond motifs is 1. The molecule has 43 heavy (non-hydrogen) atoms. The number of carbonyl (C=O) groups excluding carboxylic acids is 2. The summed E-state index contributed by atoms with van der Waals surface area (Å²) in [6.07, 6.45) is 4.16. The minimum absolute atomic E-state index is 0.00931. The van der Waals surface area contributed by atoms with Crippen molar-refractivity contribution in [2.75, 3.05) is 6.54 Å². The average Bonchev–Trinajstić information content (AvgIpc) is 3.54. The Morgan fingerprint density at radius 1 is 1.12 bits per heavy atom. The minimum atomic E-state index is -2.76. The highest BCUT2D eigenvalue weighted by Gasteiger charge is 2.73. The molecule has 3 atom stereocenters. The second-order valence-corrected chi connectivity index (χ2v) is 13.4. The first-order valence-electron chi connectivity index (χ1n) is 14.7. The van der Waals surface area contributed by atoms with Crippen LogP contribution in [-0.2, 0) is 4.79 Å². The molecular weight excluding hydrogens is 569 g/mol. The highest BCUT2D eigenvalue weighted by molar-refractivity contribution is 5.93. The highest BCUT2D eigenvalue weighted by atomic mass is 19.3. The van der Waals surface area contributed by atoms with Gasteiger partial charge in [0.05, 0.1) is 46.9 Å². The van der Waals surface area contributed by atoms with Gasteiger partial charge in [-0.15, -0.1) is 0 Å². The Kier molecular flexibility index (Phi) is 6.18. The van der Waals surface area contributed by atoms with Crippen molar-refractivity contribution in [1.82, 2.24) is 40.1 Å². The molecular formula is C28H33F3N8O4. The maximum Gasteiger partial charge on any atom is 0.276 e. The van der Waals surface area contributed by atoms with Crippen molar-refractivity contribution < 1.29 is 32.5 Å². The molecule has 5 fully saturated rings. The number of rotatable bonds is 6. The molecule has 0 aromatic carbocycles. The van der Waals surface area contributed by atoms with Crippen LogP contribution in [0.1, 0.15) is 104 Å². The van der Waals surface area contributed by atoms with E-state index < -0.39 is 40.6 Å². The van der Waals surface area contributed by atoms with Gasteiger partial charge in [0, 0.05) is 25.8 Å². The molecule has 2 bridgehead atoms. The minimum Gasteiger partial charge on any atom is -0.390 e. The zero-order valence-electron chi connectivity index (χ0n) is 23.9. The van der Waals surface area contributed by atoms with Crippen molar-refractivity contribution in [2.45, 2.75) is 101 Å². The van der Waals surface area contributed by atoms with E-state index in [9.17, 15) is 27.9 Å². The van der Waals surface area contributed by atoms with Gasteiger partial charge in [0.25, 0.3) is 11.7 Å². The van der Waals surface area contributed by atoms with E-state index in [2.05, 4.69) is 30.3 Å². The molecule has 230 valence electrons. The number of alkyl halides is 3. The summed E-state index contributed by atoms with van der Waals surface area (Å²) in [5, 5.41) is 25.6. The van der Waals surface area contributed by atoms with E-state index in [1.165, 1.54) is 10.7 Å². The van der Waals surface area contributed by atoms with Crippen molar-refractivity contribution in [1.29, 1.82) is 0 Å². The van der Waals surface area contributed by atoms with Gasteiger partial charge < -0.3 is 15.3 Å². The quantitative estimate of drug-likeness (QED) is 0.432. The normalized spacial score (nSPS) is 32.6. The van der Waals surface area contributed by atoms with Crippen LogP contribution in [0.25, 0.3) is 5.78 Å². The number of hydrogen-bond donors (Lipinski definition) is 2. The molecule has 0 radical (unpaired) electrons. The van der Waals surface area contributed by atoms with Crippen LogP contribution >= 0.6 is 0 Å². The lowest BCUT2D eigenvalue weighted by atomic mass is 9.41. The Bertz CT molecular complexity index is 1580. The van der Waals surface area contributed by atoms with Gasteiger partial charge in [-0.05, 0) is 63.4 Å². The Balaban J connectivity index is 1.19. The maximum atomic E-state index is 14.3. The second-order valence-electron chi connectivity index (χ2n) is 13.4. The van der Waals surface area contributed by atoms with Crippen LogP contribution < -0.4 is 5.32 Å². The maximum absolute atomic E-state index is 14.3. The summed E-state index contributed by atoms with van der Waals surface area (Å²) < 4.78 is 48.4.